The van der Waals surface area contributed by atoms with Gasteiger partial charge in [0.25, 0.3) is 10.0 Å². The Hall–Kier alpha value is -1.40. The van der Waals surface area contributed by atoms with Gasteiger partial charge < -0.3 is 0 Å². The van der Waals surface area contributed by atoms with Crippen LogP contribution in [0.15, 0.2) is 34.2 Å². The zero-order valence-electron chi connectivity index (χ0n) is 13.9. The first kappa shape index (κ1) is 17.9. The summed E-state index contributed by atoms with van der Waals surface area (Å²) in [6.07, 6.45) is 0. The Balaban J connectivity index is 2.63. The van der Waals surface area contributed by atoms with E-state index in [1.54, 1.807) is 32.9 Å². The summed E-state index contributed by atoms with van der Waals surface area (Å²) in [5.74, 6) is -0.0563. The first-order valence-corrected chi connectivity index (χ1v) is 9.21. The third-order valence-corrected chi connectivity index (χ3v) is 5.83. The Bertz CT molecular complexity index is 752. The molecule has 0 saturated heterocycles. The van der Waals surface area contributed by atoms with Crippen molar-refractivity contribution >= 4 is 33.2 Å². The van der Waals surface area contributed by atoms with Gasteiger partial charge in [-0.2, -0.15) is 0 Å². The maximum Gasteiger partial charge on any atom is 0.266 e. The Morgan fingerprint density at radius 2 is 1.83 bits per heavy atom. The molecule has 0 fully saturated rings. The minimum atomic E-state index is -3.92. The highest BCUT2D eigenvalue weighted by Gasteiger charge is 2.51. The van der Waals surface area contributed by atoms with Gasteiger partial charge in [-0.05, 0) is 46.8 Å². The molecule has 0 spiro atoms. The molecule has 2 atom stereocenters. The van der Waals surface area contributed by atoms with Gasteiger partial charge in [-0.3, -0.25) is 9.79 Å². The lowest BCUT2D eigenvalue weighted by atomic mass is 9.94. The number of nitrogens with zero attached hydrogens (tertiary/aromatic N) is 2. The monoisotopic (exact) mass is 356 g/mol. The van der Waals surface area contributed by atoms with E-state index >= 15 is 0 Å². The number of aryl methyl sites for hydroxylation is 1. The van der Waals surface area contributed by atoms with E-state index in [-0.39, 0.29) is 16.5 Å². The highest BCUT2D eigenvalue weighted by atomic mass is 35.5. The van der Waals surface area contributed by atoms with Gasteiger partial charge in [0.2, 0.25) is 0 Å². The number of rotatable bonds is 4. The van der Waals surface area contributed by atoms with Crippen molar-refractivity contribution in [3.8, 4) is 0 Å². The summed E-state index contributed by atoms with van der Waals surface area (Å²) in [5, 5.41) is -0.626. The summed E-state index contributed by atoms with van der Waals surface area (Å²) in [7, 11) is -3.92. The molecular formula is C16H21ClN2O3S. The van der Waals surface area contributed by atoms with Gasteiger partial charge in [0, 0.05) is 0 Å². The second kappa shape index (κ2) is 5.91. The zero-order chi connectivity index (χ0) is 17.6. The van der Waals surface area contributed by atoms with Crippen molar-refractivity contribution < 1.29 is 13.2 Å². The number of hydrogen-bond acceptors (Lipinski definition) is 4. The number of sulfonamides is 1. The fourth-order valence-corrected chi connectivity index (χ4v) is 4.89. The molecule has 0 bridgehead atoms. The van der Waals surface area contributed by atoms with Gasteiger partial charge in [-0.15, -0.1) is 11.6 Å². The Morgan fingerprint density at radius 3 is 2.26 bits per heavy atom. The predicted molar refractivity (Wildman–Crippen MR) is 91.5 cm³/mol. The van der Waals surface area contributed by atoms with Gasteiger partial charge in [-0.1, -0.05) is 17.7 Å². The van der Waals surface area contributed by atoms with Crippen LogP contribution >= 0.6 is 11.6 Å². The van der Waals surface area contributed by atoms with Crippen LogP contribution < -0.4 is 0 Å². The predicted octanol–water partition coefficient (Wildman–Crippen LogP) is 2.76. The number of aliphatic imine (C=N–C) groups is 1. The van der Waals surface area contributed by atoms with Crippen LogP contribution in [-0.4, -0.2) is 41.3 Å². The summed E-state index contributed by atoms with van der Waals surface area (Å²) in [6, 6.07) is 5.60. The molecule has 23 heavy (non-hydrogen) atoms. The van der Waals surface area contributed by atoms with Crippen molar-refractivity contribution in [1.29, 1.82) is 0 Å². The molecule has 7 heteroatoms. The quantitative estimate of drug-likeness (QED) is 0.779. The third kappa shape index (κ3) is 3.15. The molecule has 0 saturated carbocycles. The molecule has 0 radical (unpaired) electrons. The average molecular weight is 357 g/mol. The molecule has 0 amide bonds. The molecule has 5 nitrogen and oxygen atoms in total. The lowest BCUT2D eigenvalue weighted by Crippen LogP contribution is -2.52. The first-order valence-electron chi connectivity index (χ1n) is 7.34. The van der Waals surface area contributed by atoms with Gasteiger partial charge in [-0.25, -0.2) is 12.7 Å². The molecular weight excluding hydrogens is 336 g/mol. The molecule has 0 N–H and O–H groups in total. The lowest BCUT2D eigenvalue weighted by Gasteiger charge is -2.31. The van der Waals surface area contributed by atoms with Crippen molar-refractivity contribution in [3.05, 3.63) is 29.8 Å². The van der Waals surface area contributed by atoms with E-state index in [9.17, 15) is 13.2 Å². The number of ketones is 1. The number of hydrogen-bond donors (Lipinski definition) is 0. The number of alkyl halides is 1. The second-order valence-electron chi connectivity index (χ2n) is 6.37. The van der Waals surface area contributed by atoms with Crippen LogP contribution in [0.3, 0.4) is 0 Å². The third-order valence-electron chi connectivity index (χ3n) is 3.85. The van der Waals surface area contributed by atoms with Crippen molar-refractivity contribution in [2.75, 3.05) is 0 Å². The maximum atomic E-state index is 13.1. The molecule has 1 aromatic carbocycles. The number of amidine groups is 1. The summed E-state index contributed by atoms with van der Waals surface area (Å²) in [6.45, 7) is 8.38. The van der Waals surface area contributed by atoms with Gasteiger partial charge in [0.1, 0.15) is 11.9 Å². The van der Waals surface area contributed by atoms with Crippen molar-refractivity contribution in [3.63, 3.8) is 0 Å². The molecule has 2 rings (SSSR count). The smallest absolute Gasteiger partial charge is 0.266 e. The van der Waals surface area contributed by atoms with Crippen molar-refractivity contribution in [2.45, 2.75) is 56.5 Å². The molecule has 0 aromatic heterocycles. The normalized spacial score (nSPS) is 21.9. The minimum absolute atomic E-state index is 0.122. The Labute approximate surface area is 142 Å². The van der Waals surface area contributed by atoms with Gasteiger partial charge in [0.15, 0.2) is 5.78 Å². The zero-order valence-corrected chi connectivity index (χ0v) is 15.4. The van der Waals surface area contributed by atoms with Crippen LogP contribution in [-0.2, 0) is 14.8 Å². The highest BCUT2D eigenvalue weighted by Crippen LogP contribution is 2.35. The number of Topliss-reactive ketones (excluding diaryl/α,β-unsaturated/α-hetero) is 1. The Kier molecular flexibility index (Phi) is 4.61. The highest BCUT2D eigenvalue weighted by molar-refractivity contribution is 7.89. The standard InChI is InChI=1S/C16H21ClN2O3S/c1-10-6-8-13(9-7-10)23(21,22)19-14(12(3)20)16(4,5)18-15(19)11(2)17/h6-9,11,14H,1-5H3/t11-,14+/m1/s1. The average Bonchev–Trinajstić information content (AvgIpc) is 2.72. The first-order chi connectivity index (χ1) is 10.5. The molecule has 1 aliphatic rings. The van der Waals surface area contributed by atoms with E-state index < -0.39 is 27.0 Å². The van der Waals surface area contributed by atoms with Gasteiger partial charge in [0.05, 0.1) is 15.8 Å². The van der Waals surface area contributed by atoms with Crippen LogP contribution in [0.1, 0.15) is 33.3 Å². The number of halogens is 1. The molecule has 1 aliphatic heterocycles. The molecule has 1 heterocycles. The van der Waals surface area contributed by atoms with E-state index in [1.807, 2.05) is 6.92 Å². The van der Waals surface area contributed by atoms with Crippen LogP contribution in [0.25, 0.3) is 0 Å². The lowest BCUT2D eigenvalue weighted by molar-refractivity contribution is -0.120. The molecule has 1 aromatic rings. The largest absolute Gasteiger partial charge is 0.298 e. The summed E-state index contributed by atoms with van der Waals surface area (Å²) >= 11 is 6.15. The second-order valence-corrected chi connectivity index (χ2v) is 8.84. The van der Waals surface area contributed by atoms with E-state index in [0.717, 1.165) is 9.87 Å². The molecule has 0 unspecified atom stereocenters. The van der Waals surface area contributed by atoms with E-state index in [4.69, 9.17) is 11.6 Å². The van der Waals surface area contributed by atoms with Crippen molar-refractivity contribution in [2.24, 2.45) is 4.99 Å². The number of benzene rings is 1. The minimum Gasteiger partial charge on any atom is -0.298 e. The van der Waals surface area contributed by atoms with E-state index in [1.165, 1.54) is 19.1 Å². The van der Waals surface area contributed by atoms with Crippen molar-refractivity contribution in [1.82, 2.24) is 4.31 Å². The topological polar surface area (TPSA) is 66.8 Å². The van der Waals surface area contributed by atoms with E-state index in [0.29, 0.717) is 0 Å². The maximum absolute atomic E-state index is 13.1. The summed E-state index contributed by atoms with van der Waals surface area (Å²) in [4.78, 5) is 16.7. The summed E-state index contributed by atoms with van der Waals surface area (Å²) in [5.41, 5.74) is 0.0932. The fourth-order valence-electron chi connectivity index (χ4n) is 2.84. The van der Waals surface area contributed by atoms with Crippen LogP contribution in [0.4, 0.5) is 0 Å². The van der Waals surface area contributed by atoms with Crippen LogP contribution in [0.5, 0.6) is 0 Å². The number of carbonyl (C=O) groups is 1. The summed E-state index contributed by atoms with van der Waals surface area (Å²) < 4.78 is 27.3. The fraction of sp³-hybridized carbons (Fsp3) is 0.500. The van der Waals surface area contributed by atoms with Gasteiger partial charge >= 0.3 is 0 Å². The SMILES string of the molecule is CC(=O)[C@@H]1N(S(=O)(=O)c2ccc(C)cc2)C([C@@H](C)Cl)=NC1(C)C. The van der Waals surface area contributed by atoms with E-state index in [2.05, 4.69) is 4.99 Å². The molecule has 126 valence electrons. The number of carbonyl (C=O) groups excluding carboxylic acids is 1. The van der Waals surface area contributed by atoms with Crippen LogP contribution in [0.2, 0.25) is 0 Å². The van der Waals surface area contributed by atoms with Crippen LogP contribution in [0, 0.1) is 6.92 Å². The Morgan fingerprint density at radius 1 is 1.30 bits per heavy atom. The molecule has 0 aliphatic carbocycles.